The molecule has 1 aromatic rings. The molecule has 2 fully saturated rings. The van der Waals surface area contributed by atoms with Gasteiger partial charge >= 0.3 is 0 Å². The van der Waals surface area contributed by atoms with E-state index in [0.29, 0.717) is 6.04 Å². The number of hydrogen-bond donors (Lipinski definition) is 2. The lowest BCUT2D eigenvalue weighted by molar-refractivity contribution is -0.117. The van der Waals surface area contributed by atoms with Gasteiger partial charge in [-0.3, -0.25) is 4.79 Å². The first-order valence-electron chi connectivity index (χ1n) is 7.81. The van der Waals surface area contributed by atoms with E-state index in [9.17, 15) is 4.79 Å². The molecule has 0 radical (unpaired) electrons. The number of likely N-dealkylation sites (N-methyl/N-ethyl adjacent to an activating group) is 1. The second-order valence-corrected chi connectivity index (χ2v) is 6.76. The monoisotopic (exact) mass is 305 g/mol. The molecule has 3 unspecified atom stereocenters. The van der Waals surface area contributed by atoms with E-state index in [1.807, 2.05) is 13.0 Å². The van der Waals surface area contributed by atoms with Gasteiger partial charge in [-0.05, 0) is 43.9 Å². The Bertz CT molecular complexity index is 603. The lowest BCUT2D eigenvalue weighted by Gasteiger charge is -2.30. The summed E-state index contributed by atoms with van der Waals surface area (Å²) in [4.78, 5) is 14.5. The maximum absolute atomic E-state index is 12.1. The summed E-state index contributed by atoms with van der Waals surface area (Å²) in [7, 11) is 0. The predicted octanol–water partition coefficient (Wildman–Crippen LogP) is 2.93. The average molecular weight is 306 g/mol. The number of fused-ring (bicyclic) bond motifs is 3. The van der Waals surface area contributed by atoms with Crippen molar-refractivity contribution >= 4 is 28.9 Å². The number of amides is 1. The molecular formula is C16H20ClN3O. The van der Waals surface area contributed by atoms with Crippen molar-refractivity contribution in [3.8, 4) is 0 Å². The van der Waals surface area contributed by atoms with Gasteiger partial charge in [-0.2, -0.15) is 0 Å². The topological polar surface area (TPSA) is 44.4 Å². The highest BCUT2D eigenvalue weighted by Crippen LogP contribution is 2.45. The first-order chi connectivity index (χ1) is 10.2. The fourth-order valence-electron chi connectivity index (χ4n) is 4.12. The van der Waals surface area contributed by atoms with Gasteiger partial charge in [0.05, 0.1) is 10.7 Å². The van der Waals surface area contributed by atoms with Crippen molar-refractivity contribution < 1.29 is 4.79 Å². The van der Waals surface area contributed by atoms with Crippen LogP contribution in [0.2, 0.25) is 5.02 Å². The molecule has 1 saturated carbocycles. The van der Waals surface area contributed by atoms with E-state index >= 15 is 0 Å². The van der Waals surface area contributed by atoms with E-state index in [2.05, 4.69) is 21.6 Å². The van der Waals surface area contributed by atoms with Crippen LogP contribution in [-0.2, 0) is 4.79 Å². The first kappa shape index (κ1) is 13.4. The Morgan fingerprint density at radius 3 is 2.95 bits per heavy atom. The summed E-state index contributed by atoms with van der Waals surface area (Å²) in [5.74, 6) is 0.839. The van der Waals surface area contributed by atoms with Crippen LogP contribution >= 0.6 is 11.6 Å². The van der Waals surface area contributed by atoms with Crippen molar-refractivity contribution in [2.45, 2.75) is 38.3 Å². The van der Waals surface area contributed by atoms with Crippen LogP contribution in [0, 0.1) is 5.92 Å². The maximum atomic E-state index is 12.1. The number of nitrogens with one attached hydrogen (secondary N) is 2. The van der Waals surface area contributed by atoms with Crippen LogP contribution in [-0.4, -0.2) is 25.0 Å². The number of rotatable bonds is 3. The zero-order valence-electron chi connectivity index (χ0n) is 12.2. The highest BCUT2D eigenvalue weighted by atomic mass is 35.5. The summed E-state index contributed by atoms with van der Waals surface area (Å²) in [5, 5.41) is 6.95. The van der Waals surface area contributed by atoms with Gasteiger partial charge in [0, 0.05) is 23.8 Å². The van der Waals surface area contributed by atoms with Crippen LogP contribution < -0.4 is 15.5 Å². The lowest BCUT2D eigenvalue weighted by atomic mass is 10.1. The zero-order chi connectivity index (χ0) is 14.6. The molecule has 1 saturated heterocycles. The summed E-state index contributed by atoms with van der Waals surface area (Å²) in [6.07, 6.45) is 3.91. The molecule has 2 heterocycles. The standard InChI is InChI=1S/C16H20ClN3O/c1-2-18-15-11-6-12(17)14(7-13(11)19-16(15)21)20-8-9-3-4-10(20)5-9/h6-7,9-10,15,18H,2-5,8H2,1H3,(H,19,21). The fourth-order valence-corrected chi connectivity index (χ4v) is 4.40. The Balaban J connectivity index is 1.69. The smallest absolute Gasteiger partial charge is 0.246 e. The molecule has 3 atom stereocenters. The molecule has 4 rings (SSSR count). The Labute approximate surface area is 129 Å². The van der Waals surface area contributed by atoms with Crippen LogP contribution in [0.5, 0.6) is 0 Å². The number of piperidine rings is 1. The van der Waals surface area contributed by atoms with E-state index in [1.54, 1.807) is 0 Å². The summed E-state index contributed by atoms with van der Waals surface area (Å²) in [6, 6.07) is 4.38. The Kier molecular flexibility index (Phi) is 3.12. The lowest BCUT2D eigenvalue weighted by Crippen LogP contribution is -2.32. The molecule has 112 valence electrons. The predicted molar refractivity (Wildman–Crippen MR) is 85.0 cm³/mol. The number of carbonyl (C=O) groups excluding carboxylic acids is 1. The molecule has 3 aliphatic rings. The van der Waals surface area contributed by atoms with Gasteiger partial charge in [0.15, 0.2) is 0 Å². The minimum Gasteiger partial charge on any atom is -0.367 e. The van der Waals surface area contributed by atoms with Crippen LogP contribution in [0.4, 0.5) is 11.4 Å². The van der Waals surface area contributed by atoms with Gasteiger partial charge in [-0.1, -0.05) is 18.5 Å². The zero-order valence-corrected chi connectivity index (χ0v) is 12.9. The van der Waals surface area contributed by atoms with Gasteiger partial charge in [0.25, 0.3) is 0 Å². The first-order valence-corrected chi connectivity index (χ1v) is 8.19. The van der Waals surface area contributed by atoms with Gasteiger partial charge in [-0.15, -0.1) is 0 Å². The second-order valence-electron chi connectivity index (χ2n) is 6.36. The number of anilines is 2. The van der Waals surface area contributed by atoms with Crippen molar-refractivity contribution in [3.05, 3.63) is 22.7 Å². The van der Waals surface area contributed by atoms with Crippen LogP contribution in [0.15, 0.2) is 12.1 Å². The second kappa shape index (κ2) is 4.89. The third-order valence-electron chi connectivity index (χ3n) is 5.08. The average Bonchev–Trinajstić information content (AvgIpc) is 3.14. The number of halogens is 1. The quantitative estimate of drug-likeness (QED) is 0.902. The molecular weight excluding hydrogens is 286 g/mol. The molecule has 1 amide bonds. The highest BCUT2D eigenvalue weighted by molar-refractivity contribution is 6.33. The van der Waals surface area contributed by atoms with Crippen molar-refractivity contribution in [3.63, 3.8) is 0 Å². The Hall–Kier alpha value is -1.26. The molecule has 4 nitrogen and oxygen atoms in total. The minimum atomic E-state index is -0.272. The molecule has 2 bridgehead atoms. The van der Waals surface area contributed by atoms with Gasteiger partial charge in [0.2, 0.25) is 5.91 Å². The fraction of sp³-hybridized carbons (Fsp3) is 0.562. The summed E-state index contributed by atoms with van der Waals surface area (Å²) < 4.78 is 0. The van der Waals surface area contributed by atoms with Crippen molar-refractivity contribution in [1.82, 2.24) is 5.32 Å². The Morgan fingerprint density at radius 2 is 2.29 bits per heavy atom. The van der Waals surface area contributed by atoms with Crippen molar-refractivity contribution in [2.75, 3.05) is 23.3 Å². The van der Waals surface area contributed by atoms with Crippen molar-refractivity contribution in [2.24, 2.45) is 5.92 Å². The third kappa shape index (κ3) is 2.04. The van der Waals surface area contributed by atoms with E-state index in [0.717, 1.165) is 41.0 Å². The molecule has 0 aromatic heterocycles. The normalized spacial score (nSPS) is 29.9. The SMILES string of the molecule is CCNC1C(=O)Nc2cc(N3CC4CCC3C4)c(Cl)cc21. The van der Waals surface area contributed by atoms with Gasteiger partial charge in [0.1, 0.15) is 6.04 Å². The molecule has 5 heteroatoms. The van der Waals surface area contributed by atoms with Gasteiger partial charge in [-0.25, -0.2) is 0 Å². The van der Waals surface area contributed by atoms with E-state index in [1.165, 1.54) is 19.3 Å². The van der Waals surface area contributed by atoms with E-state index < -0.39 is 0 Å². The molecule has 1 aliphatic carbocycles. The van der Waals surface area contributed by atoms with Crippen LogP contribution in [0.1, 0.15) is 37.8 Å². The minimum absolute atomic E-state index is 0.0167. The molecule has 21 heavy (non-hydrogen) atoms. The van der Waals surface area contributed by atoms with Crippen molar-refractivity contribution in [1.29, 1.82) is 0 Å². The van der Waals surface area contributed by atoms with Crippen LogP contribution in [0.3, 0.4) is 0 Å². The van der Waals surface area contributed by atoms with E-state index in [4.69, 9.17) is 11.6 Å². The number of hydrogen-bond acceptors (Lipinski definition) is 3. The summed E-state index contributed by atoms with van der Waals surface area (Å²) in [6.45, 7) is 3.86. The van der Waals surface area contributed by atoms with Crippen LogP contribution in [0.25, 0.3) is 0 Å². The van der Waals surface area contributed by atoms with E-state index in [-0.39, 0.29) is 11.9 Å². The highest BCUT2D eigenvalue weighted by Gasteiger charge is 2.39. The number of benzene rings is 1. The Morgan fingerprint density at radius 1 is 1.43 bits per heavy atom. The molecule has 2 aliphatic heterocycles. The number of carbonyl (C=O) groups is 1. The summed E-state index contributed by atoms with van der Waals surface area (Å²) in [5.41, 5.74) is 2.97. The largest absolute Gasteiger partial charge is 0.367 e. The molecule has 0 spiro atoms. The van der Waals surface area contributed by atoms with Gasteiger partial charge < -0.3 is 15.5 Å². The third-order valence-corrected chi connectivity index (χ3v) is 5.38. The number of nitrogens with zero attached hydrogens (tertiary/aromatic N) is 1. The molecule has 1 aromatic carbocycles. The maximum Gasteiger partial charge on any atom is 0.246 e. The summed E-state index contributed by atoms with van der Waals surface area (Å²) >= 11 is 6.53. The molecule has 2 N–H and O–H groups in total.